The highest BCUT2D eigenvalue weighted by Gasteiger charge is 2.15. The lowest BCUT2D eigenvalue weighted by atomic mass is 10.1. The molecule has 3 heterocycles. The van der Waals surface area contributed by atoms with Crippen LogP contribution in [0.5, 0.6) is 0 Å². The van der Waals surface area contributed by atoms with Gasteiger partial charge in [-0.1, -0.05) is 40.6 Å². The molecule has 10 nitrogen and oxygen atoms in total. The molecular formula is C27H25N6O4+. The van der Waals surface area contributed by atoms with Crippen LogP contribution >= 0.6 is 0 Å². The van der Waals surface area contributed by atoms with Gasteiger partial charge in [0.2, 0.25) is 17.5 Å². The molecule has 3 aromatic heterocycles. The number of carbonyl (C=O) groups is 1. The molecule has 1 N–H and O–H groups in total. The number of hydrogen-bond acceptors (Lipinski definition) is 8. The summed E-state index contributed by atoms with van der Waals surface area (Å²) in [6.07, 6.45) is 4.23. The summed E-state index contributed by atoms with van der Waals surface area (Å²) >= 11 is 0. The fourth-order valence-corrected chi connectivity index (χ4v) is 3.76. The molecule has 0 aliphatic carbocycles. The number of carboxylic acid groups (broad SMARTS) is 1. The lowest BCUT2D eigenvalue weighted by molar-refractivity contribution is -0.688. The van der Waals surface area contributed by atoms with Gasteiger partial charge in [0.1, 0.15) is 0 Å². The van der Waals surface area contributed by atoms with Crippen LogP contribution in [-0.4, -0.2) is 45.5 Å². The highest BCUT2D eigenvalue weighted by molar-refractivity contribution is 5.68. The summed E-state index contributed by atoms with van der Waals surface area (Å²) in [7, 11) is 4.04. The maximum Gasteiger partial charge on any atom is 0.303 e. The van der Waals surface area contributed by atoms with E-state index in [4.69, 9.17) is 14.2 Å². The molecule has 0 radical (unpaired) electrons. The van der Waals surface area contributed by atoms with Gasteiger partial charge in [0.15, 0.2) is 18.9 Å². The number of pyridine rings is 1. The Hall–Kier alpha value is -4.86. The Morgan fingerprint density at radius 2 is 1.57 bits per heavy atom. The molecule has 0 bridgehead atoms. The van der Waals surface area contributed by atoms with E-state index in [-0.39, 0.29) is 18.7 Å². The van der Waals surface area contributed by atoms with E-state index in [1.165, 1.54) is 0 Å². The Bertz CT molecular complexity index is 1510. The smallest absolute Gasteiger partial charge is 0.303 e. The highest BCUT2D eigenvalue weighted by atomic mass is 16.5. The van der Waals surface area contributed by atoms with Gasteiger partial charge in [0.25, 0.3) is 5.89 Å². The maximum absolute atomic E-state index is 10.8. The Kier molecular flexibility index (Phi) is 6.71. The van der Waals surface area contributed by atoms with Gasteiger partial charge in [-0.2, -0.15) is 9.97 Å². The van der Waals surface area contributed by atoms with Crippen LogP contribution in [0.15, 0.2) is 82.1 Å². The molecule has 0 saturated carbocycles. The van der Waals surface area contributed by atoms with Crippen molar-refractivity contribution in [3.63, 3.8) is 0 Å². The van der Waals surface area contributed by atoms with E-state index in [9.17, 15) is 4.79 Å². The van der Waals surface area contributed by atoms with E-state index in [2.05, 4.69) is 54.3 Å². The average molecular weight is 498 g/mol. The molecule has 10 heteroatoms. The minimum atomic E-state index is -0.918. The number of aromatic nitrogens is 5. The topological polar surface area (TPSA) is 122 Å². The largest absolute Gasteiger partial charge is 0.481 e. The van der Waals surface area contributed by atoms with Crippen molar-refractivity contribution >= 4 is 11.7 Å². The normalized spacial score (nSPS) is 11.0. The number of benzene rings is 2. The van der Waals surface area contributed by atoms with Crippen LogP contribution in [0.4, 0.5) is 5.69 Å². The van der Waals surface area contributed by atoms with Gasteiger partial charge in [0, 0.05) is 60.6 Å². The summed E-state index contributed by atoms with van der Waals surface area (Å²) in [5, 5.41) is 16.9. The molecule has 0 atom stereocenters. The lowest BCUT2D eigenvalue weighted by Gasteiger charge is -2.10. The van der Waals surface area contributed by atoms with Crippen molar-refractivity contribution in [2.75, 3.05) is 19.0 Å². The molecule has 37 heavy (non-hydrogen) atoms. The molecule has 186 valence electrons. The number of aryl methyl sites for hydroxylation is 1. The first kappa shape index (κ1) is 23.9. The van der Waals surface area contributed by atoms with E-state index < -0.39 is 5.97 Å². The fraction of sp³-hybridized carbons (Fsp3) is 0.185. The lowest BCUT2D eigenvalue weighted by Crippen LogP contribution is -2.33. The van der Waals surface area contributed by atoms with Gasteiger partial charge in [-0.25, -0.2) is 4.57 Å². The van der Waals surface area contributed by atoms with E-state index in [1.807, 2.05) is 62.6 Å². The van der Waals surface area contributed by atoms with Gasteiger partial charge in [-0.3, -0.25) is 4.79 Å². The second-order valence-electron chi connectivity index (χ2n) is 8.73. The van der Waals surface area contributed by atoms with Crippen molar-refractivity contribution in [2.45, 2.75) is 19.4 Å². The number of anilines is 1. The van der Waals surface area contributed by atoms with Gasteiger partial charge in [-0.05, 0) is 18.2 Å². The summed E-state index contributed by atoms with van der Waals surface area (Å²) < 4.78 is 12.8. The third-order valence-electron chi connectivity index (χ3n) is 5.78. The van der Waals surface area contributed by atoms with Gasteiger partial charge >= 0.3 is 5.97 Å². The van der Waals surface area contributed by atoms with Crippen LogP contribution in [-0.2, 0) is 17.8 Å². The van der Waals surface area contributed by atoms with Crippen molar-refractivity contribution in [3.8, 4) is 34.2 Å². The monoisotopic (exact) mass is 497 g/mol. The van der Waals surface area contributed by atoms with Gasteiger partial charge in [0.05, 0.1) is 6.42 Å². The second-order valence-corrected chi connectivity index (χ2v) is 8.73. The SMILES string of the molecule is CN(C)c1cc[n+](Cc2ccc(-c3nc(-c4cccc(-c5noc(CCC(=O)O)n5)c4)no3)cc2)cc1. The van der Waals surface area contributed by atoms with E-state index in [0.717, 1.165) is 28.9 Å². The number of carboxylic acids is 1. The zero-order chi connectivity index (χ0) is 25.8. The third kappa shape index (κ3) is 5.69. The minimum Gasteiger partial charge on any atom is -0.481 e. The Morgan fingerprint density at radius 3 is 2.24 bits per heavy atom. The van der Waals surface area contributed by atoms with Crippen LogP contribution in [0, 0.1) is 0 Å². The first-order chi connectivity index (χ1) is 17.9. The zero-order valence-corrected chi connectivity index (χ0v) is 20.4. The minimum absolute atomic E-state index is 0.0724. The van der Waals surface area contributed by atoms with Crippen LogP contribution in [0.1, 0.15) is 17.9 Å². The molecule has 0 unspecified atom stereocenters. The summed E-state index contributed by atoms with van der Waals surface area (Å²) in [5.74, 6) is 0.587. The van der Waals surface area contributed by atoms with Crippen LogP contribution in [0.3, 0.4) is 0 Å². The average Bonchev–Trinajstić information content (AvgIpc) is 3.59. The highest BCUT2D eigenvalue weighted by Crippen LogP contribution is 2.26. The predicted octanol–water partition coefficient (Wildman–Crippen LogP) is 3.87. The molecule has 0 spiro atoms. The Balaban J connectivity index is 1.28. The maximum atomic E-state index is 10.8. The number of hydrogen-bond donors (Lipinski definition) is 1. The fourth-order valence-electron chi connectivity index (χ4n) is 3.76. The van der Waals surface area contributed by atoms with Crippen molar-refractivity contribution in [1.29, 1.82) is 0 Å². The van der Waals surface area contributed by atoms with Crippen LogP contribution in [0.25, 0.3) is 34.2 Å². The third-order valence-corrected chi connectivity index (χ3v) is 5.78. The first-order valence-corrected chi connectivity index (χ1v) is 11.7. The summed E-state index contributed by atoms with van der Waals surface area (Å²) in [6, 6.07) is 19.6. The van der Waals surface area contributed by atoms with Crippen molar-refractivity contribution in [3.05, 3.63) is 84.5 Å². The molecule has 0 aliphatic heterocycles. The van der Waals surface area contributed by atoms with Crippen molar-refractivity contribution in [1.82, 2.24) is 20.3 Å². The van der Waals surface area contributed by atoms with E-state index in [1.54, 1.807) is 0 Å². The molecule has 0 amide bonds. The van der Waals surface area contributed by atoms with Crippen molar-refractivity contribution < 1.29 is 23.5 Å². The number of nitrogens with zero attached hydrogens (tertiary/aromatic N) is 6. The van der Waals surface area contributed by atoms with E-state index in [0.29, 0.717) is 23.1 Å². The molecule has 0 saturated heterocycles. The zero-order valence-electron chi connectivity index (χ0n) is 20.4. The van der Waals surface area contributed by atoms with Crippen LogP contribution in [0.2, 0.25) is 0 Å². The quantitative estimate of drug-likeness (QED) is 0.302. The molecular weight excluding hydrogens is 472 g/mol. The Morgan fingerprint density at radius 1 is 0.892 bits per heavy atom. The van der Waals surface area contributed by atoms with E-state index >= 15 is 0 Å². The number of rotatable bonds is 9. The number of aliphatic carboxylic acids is 1. The van der Waals surface area contributed by atoms with Gasteiger partial charge in [-0.15, -0.1) is 0 Å². The molecule has 5 rings (SSSR count). The standard InChI is InChI=1S/C27H24N6O4/c1-32(2)22-12-14-33(15-13-22)17-18-6-8-19(9-7-18)27-29-26(31-37-27)21-5-3-4-20(16-21)25-28-23(36-30-25)10-11-24(34)35/h3-9,12-16H,10-11,17H2,1-2H3/p+1. The van der Waals surface area contributed by atoms with Crippen molar-refractivity contribution in [2.24, 2.45) is 0 Å². The summed E-state index contributed by atoms with van der Waals surface area (Å²) in [4.78, 5) is 21.7. The summed E-state index contributed by atoms with van der Waals surface area (Å²) in [5.41, 5.74) is 4.57. The molecule has 2 aromatic carbocycles. The van der Waals surface area contributed by atoms with Crippen LogP contribution < -0.4 is 9.47 Å². The first-order valence-electron chi connectivity index (χ1n) is 11.7. The molecule has 0 aliphatic rings. The molecule has 5 aromatic rings. The molecule has 0 fully saturated rings. The van der Waals surface area contributed by atoms with Gasteiger partial charge < -0.3 is 19.1 Å². The second kappa shape index (κ2) is 10.4. The summed E-state index contributed by atoms with van der Waals surface area (Å²) in [6.45, 7) is 0.754. The Labute approximate surface area is 212 Å². The predicted molar refractivity (Wildman–Crippen MR) is 134 cm³/mol.